The average Bonchev–Trinajstić information content (AvgIpc) is 3.01. The minimum absolute atomic E-state index is 0.111. The topological polar surface area (TPSA) is 69.6 Å². The average molecular weight is 345 g/mol. The first-order chi connectivity index (χ1) is 11.5. The molecule has 1 aliphatic heterocycles. The molecule has 2 aromatic carbocycles. The Labute approximate surface area is 144 Å². The van der Waals surface area contributed by atoms with Gasteiger partial charge in [-0.25, -0.2) is 0 Å². The maximum atomic E-state index is 12.1. The van der Waals surface area contributed by atoms with E-state index >= 15 is 0 Å². The Bertz CT molecular complexity index is 774. The number of aromatic hydroxyl groups is 1. The van der Waals surface area contributed by atoms with E-state index in [9.17, 15) is 14.7 Å². The fourth-order valence-corrected chi connectivity index (χ4v) is 2.85. The molecule has 3 rings (SSSR count). The van der Waals surface area contributed by atoms with Crippen molar-refractivity contribution < 1.29 is 14.7 Å². The van der Waals surface area contributed by atoms with Gasteiger partial charge >= 0.3 is 0 Å². The number of halogens is 1. The van der Waals surface area contributed by atoms with Crippen LogP contribution in [0.4, 0.5) is 5.69 Å². The van der Waals surface area contributed by atoms with E-state index in [0.29, 0.717) is 18.0 Å². The van der Waals surface area contributed by atoms with Gasteiger partial charge in [-0.1, -0.05) is 23.7 Å². The zero-order valence-corrected chi connectivity index (χ0v) is 13.7. The van der Waals surface area contributed by atoms with Crippen LogP contribution in [0, 0.1) is 0 Å². The standard InChI is InChI=1S/C18H17ClN2O3/c19-13-5-8-16(22)15(10-13)18(24)20-11-12-3-6-14(7-4-12)21-9-1-2-17(21)23/h3-8,10,22H,1-2,9,11H2,(H,20,24). The largest absolute Gasteiger partial charge is 0.507 e. The predicted molar refractivity (Wildman–Crippen MR) is 92.3 cm³/mol. The van der Waals surface area contributed by atoms with Crippen LogP contribution in [0.1, 0.15) is 28.8 Å². The summed E-state index contributed by atoms with van der Waals surface area (Å²) >= 11 is 5.85. The number of carbonyl (C=O) groups excluding carboxylic acids is 2. The van der Waals surface area contributed by atoms with Crippen molar-refractivity contribution in [1.29, 1.82) is 0 Å². The van der Waals surface area contributed by atoms with E-state index in [1.807, 2.05) is 24.3 Å². The van der Waals surface area contributed by atoms with Gasteiger partial charge in [0.1, 0.15) is 5.75 Å². The molecule has 0 aromatic heterocycles. The van der Waals surface area contributed by atoms with Crippen LogP contribution in [0.2, 0.25) is 5.02 Å². The fraction of sp³-hybridized carbons (Fsp3) is 0.222. The molecule has 2 amide bonds. The van der Waals surface area contributed by atoms with Crippen molar-refractivity contribution in [3.05, 3.63) is 58.6 Å². The Morgan fingerprint density at radius 1 is 1.21 bits per heavy atom. The van der Waals surface area contributed by atoms with Gasteiger partial charge in [0.2, 0.25) is 5.91 Å². The first-order valence-electron chi connectivity index (χ1n) is 7.70. The molecule has 1 fully saturated rings. The van der Waals surface area contributed by atoms with E-state index in [4.69, 9.17) is 11.6 Å². The first-order valence-corrected chi connectivity index (χ1v) is 8.08. The highest BCUT2D eigenvalue weighted by molar-refractivity contribution is 6.31. The Morgan fingerprint density at radius 3 is 2.62 bits per heavy atom. The molecule has 0 unspecified atom stereocenters. The highest BCUT2D eigenvalue weighted by atomic mass is 35.5. The maximum absolute atomic E-state index is 12.1. The van der Waals surface area contributed by atoms with Crippen LogP contribution in [0.25, 0.3) is 0 Å². The molecule has 2 N–H and O–H groups in total. The second-order valence-electron chi connectivity index (χ2n) is 5.66. The summed E-state index contributed by atoms with van der Waals surface area (Å²) in [6, 6.07) is 11.8. The lowest BCUT2D eigenvalue weighted by atomic mass is 10.1. The van der Waals surface area contributed by atoms with Crippen molar-refractivity contribution in [2.45, 2.75) is 19.4 Å². The Morgan fingerprint density at radius 2 is 1.96 bits per heavy atom. The van der Waals surface area contributed by atoms with Crippen LogP contribution < -0.4 is 10.2 Å². The second kappa shape index (κ2) is 6.93. The molecule has 1 heterocycles. The van der Waals surface area contributed by atoms with Crippen molar-refractivity contribution in [2.75, 3.05) is 11.4 Å². The Hall–Kier alpha value is -2.53. The van der Waals surface area contributed by atoms with E-state index in [1.165, 1.54) is 18.2 Å². The molecule has 0 saturated carbocycles. The number of phenolic OH excluding ortho intramolecular Hbond substituents is 1. The summed E-state index contributed by atoms with van der Waals surface area (Å²) in [5.74, 6) is -0.360. The molecule has 0 radical (unpaired) electrons. The molecule has 0 aliphatic carbocycles. The maximum Gasteiger partial charge on any atom is 0.255 e. The van der Waals surface area contributed by atoms with Gasteiger partial charge in [0.25, 0.3) is 5.91 Å². The van der Waals surface area contributed by atoms with Gasteiger partial charge in [0.15, 0.2) is 0 Å². The molecular weight excluding hydrogens is 328 g/mol. The molecule has 24 heavy (non-hydrogen) atoms. The number of amides is 2. The number of rotatable bonds is 4. The molecule has 6 heteroatoms. The monoisotopic (exact) mass is 344 g/mol. The third-order valence-electron chi connectivity index (χ3n) is 3.98. The van der Waals surface area contributed by atoms with Gasteiger partial charge in [-0.3, -0.25) is 9.59 Å². The lowest BCUT2D eigenvalue weighted by Crippen LogP contribution is -2.24. The number of hydrogen-bond acceptors (Lipinski definition) is 3. The normalized spacial score (nSPS) is 14.0. The van der Waals surface area contributed by atoms with Gasteiger partial charge < -0.3 is 15.3 Å². The number of carbonyl (C=O) groups is 2. The summed E-state index contributed by atoms with van der Waals surface area (Å²) in [7, 11) is 0. The smallest absolute Gasteiger partial charge is 0.255 e. The summed E-state index contributed by atoms with van der Waals surface area (Å²) in [5, 5.41) is 12.9. The van der Waals surface area contributed by atoms with Gasteiger partial charge in [-0.15, -0.1) is 0 Å². The molecule has 2 aromatic rings. The van der Waals surface area contributed by atoms with E-state index in [2.05, 4.69) is 5.32 Å². The molecule has 5 nitrogen and oxygen atoms in total. The third kappa shape index (κ3) is 3.51. The van der Waals surface area contributed by atoms with Crippen LogP contribution in [-0.4, -0.2) is 23.5 Å². The zero-order valence-electron chi connectivity index (χ0n) is 13.0. The van der Waals surface area contributed by atoms with E-state index in [0.717, 1.165) is 24.2 Å². The van der Waals surface area contributed by atoms with E-state index in [1.54, 1.807) is 4.90 Å². The first kappa shape index (κ1) is 16.3. The minimum Gasteiger partial charge on any atom is -0.507 e. The van der Waals surface area contributed by atoms with Crippen LogP contribution in [0.3, 0.4) is 0 Å². The summed E-state index contributed by atoms with van der Waals surface area (Å²) in [6.45, 7) is 1.07. The predicted octanol–water partition coefficient (Wildman–Crippen LogP) is 3.10. The Kier molecular flexibility index (Phi) is 4.71. The third-order valence-corrected chi connectivity index (χ3v) is 4.21. The molecular formula is C18H17ClN2O3. The van der Waals surface area contributed by atoms with Crippen molar-refractivity contribution >= 4 is 29.1 Å². The highest BCUT2D eigenvalue weighted by Crippen LogP contribution is 2.23. The summed E-state index contributed by atoms with van der Waals surface area (Å²) < 4.78 is 0. The van der Waals surface area contributed by atoms with Crippen LogP contribution in [-0.2, 0) is 11.3 Å². The molecule has 124 valence electrons. The summed E-state index contributed by atoms with van der Waals surface area (Å²) in [5.41, 5.74) is 1.92. The van der Waals surface area contributed by atoms with Crippen molar-refractivity contribution in [2.24, 2.45) is 0 Å². The lowest BCUT2D eigenvalue weighted by Gasteiger charge is -2.16. The molecule has 0 bridgehead atoms. The minimum atomic E-state index is -0.395. The number of anilines is 1. The van der Waals surface area contributed by atoms with Gasteiger partial charge in [0, 0.05) is 30.2 Å². The number of benzene rings is 2. The lowest BCUT2D eigenvalue weighted by molar-refractivity contribution is -0.117. The molecule has 0 spiro atoms. The number of nitrogens with one attached hydrogen (secondary N) is 1. The molecule has 1 aliphatic rings. The van der Waals surface area contributed by atoms with Crippen molar-refractivity contribution in [1.82, 2.24) is 5.32 Å². The second-order valence-corrected chi connectivity index (χ2v) is 6.10. The zero-order chi connectivity index (χ0) is 17.1. The van der Waals surface area contributed by atoms with E-state index in [-0.39, 0.29) is 17.2 Å². The number of phenols is 1. The van der Waals surface area contributed by atoms with Gasteiger partial charge in [-0.05, 0) is 42.3 Å². The highest BCUT2D eigenvalue weighted by Gasteiger charge is 2.21. The molecule has 1 saturated heterocycles. The Balaban J connectivity index is 1.63. The van der Waals surface area contributed by atoms with Crippen molar-refractivity contribution in [3.8, 4) is 5.75 Å². The fourth-order valence-electron chi connectivity index (χ4n) is 2.68. The van der Waals surface area contributed by atoms with Gasteiger partial charge in [-0.2, -0.15) is 0 Å². The molecule has 0 atom stereocenters. The van der Waals surface area contributed by atoms with Crippen LogP contribution >= 0.6 is 11.6 Å². The SMILES string of the molecule is O=C(NCc1ccc(N2CCCC2=O)cc1)c1cc(Cl)ccc1O. The quantitative estimate of drug-likeness (QED) is 0.895. The summed E-state index contributed by atoms with van der Waals surface area (Å²) in [6.07, 6.45) is 1.49. The van der Waals surface area contributed by atoms with Crippen LogP contribution in [0.5, 0.6) is 5.75 Å². The number of hydrogen-bond donors (Lipinski definition) is 2. The summed E-state index contributed by atoms with van der Waals surface area (Å²) in [4.78, 5) is 25.6. The van der Waals surface area contributed by atoms with Crippen molar-refractivity contribution in [3.63, 3.8) is 0 Å². The van der Waals surface area contributed by atoms with E-state index < -0.39 is 5.91 Å². The van der Waals surface area contributed by atoms with Gasteiger partial charge in [0.05, 0.1) is 5.56 Å². The number of nitrogens with zero attached hydrogens (tertiary/aromatic N) is 1. The van der Waals surface area contributed by atoms with Crippen LogP contribution in [0.15, 0.2) is 42.5 Å².